The molecule has 0 unspecified atom stereocenters. The molecule has 4 aromatic heterocycles. The van der Waals surface area contributed by atoms with Gasteiger partial charge in [-0.3, -0.25) is 9.20 Å². The summed E-state index contributed by atoms with van der Waals surface area (Å²) in [5.74, 6) is 0.559. The Morgan fingerprint density at radius 2 is 1.55 bits per heavy atom. The number of hydrogen-bond acceptors (Lipinski definition) is 8. The molecule has 11 nitrogen and oxygen atoms in total. The molecule has 248 valence electrons. The van der Waals surface area contributed by atoms with E-state index in [1.54, 1.807) is 30.6 Å². The summed E-state index contributed by atoms with van der Waals surface area (Å²) < 4.78 is 21.2. The van der Waals surface area contributed by atoms with E-state index in [4.69, 9.17) is 14.2 Å². The summed E-state index contributed by atoms with van der Waals surface area (Å²) in [6.45, 7) is 4.73. The van der Waals surface area contributed by atoms with Crippen molar-refractivity contribution in [3.63, 3.8) is 0 Å². The highest BCUT2D eigenvalue weighted by Gasteiger charge is 2.12. The molecule has 0 saturated heterocycles. The molecule has 0 saturated carbocycles. The van der Waals surface area contributed by atoms with Gasteiger partial charge in [0.05, 0.1) is 49.3 Å². The predicted octanol–water partition coefficient (Wildman–Crippen LogP) is 5.73. The SMILES string of the molecule is O=C(Nc1ccc(OCCOCCOCCNCc2cccc3c2ccn3Cc2ccccc2)nc1)c1ccn2c(n1)nc1ccccc12. The molecule has 0 radical (unpaired) electrons. The van der Waals surface area contributed by atoms with Crippen molar-refractivity contribution in [1.29, 1.82) is 0 Å². The molecule has 0 aliphatic rings. The molecule has 1 amide bonds. The van der Waals surface area contributed by atoms with Gasteiger partial charge in [0, 0.05) is 49.0 Å². The van der Waals surface area contributed by atoms with Crippen LogP contribution in [0.25, 0.3) is 27.7 Å². The lowest BCUT2D eigenvalue weighted by molar-refractivity contribution is 0.0367. The number of anilines is 1. The number of para-hydroxylation sites is 2. The van der Waals surface area contributed by atoms with Crippen molar-refractivity contribution in [2.75, 3.05) is 44.9 Å². The summed E-state index contributed by atoms with van der Waals surface area (Å²) in [6, 6.07) is 32.0. The second-order valence-electron chi connectivity index (χ2n) is 11.5. The van der Waals surface area contributed by atoms with Gasteiger partial charge in [-0.25, -0.2) is 15.0 Å². The molecule has 7 rings (SSSR count). The number of benzene rings is 3. The Morgan fingerprint density at radius 1 is 0.735 bits per heavy atom. The number of amides is 1. The minimum Gasteiger partial charge on any atom is -0.475 e. The van der Waals surface area contributed by atoms with Crippen LogP contribution in [0.15, 0.2) is 116 Å². The van der Waals surface area contributed by atoms with Gasteiger partial charge < -0.3 is 29.4 Å². The number of carbonyl (C=O) groups excluding carboxylic acids is 1. The highest BCUT2D eigenvalue weighted by molar-refractivity contribution is 6.03. The number of fused-ring (bicyclic) bond motifs is 4. The van der Waals surface area contributed by atoms with Gasteiger partial charge in [0.2, 0.25) is 11.7 Å². The van der Waals surface area contributed by atoms with Gasteiger partial charge in [-0.1, -0.05) is 54.6 Å². The molecule has 7 aromatic rings. The van der Waals surface area contributed by atoms with Crippen LogP contribution in [0, 0.1) is 0 Å². The fourth-order valence-electron chi connectivity index (χ4n) is 5.66. The first kappa shape index (κ1) is 32.0. The predicted molar refractivity (Wildman–Crippen MR) is 189 cm³/mol. The number of pyridine rings is 1. The second kappa shape index (κ2) is 15.5. The van der Waals surface area contributed by atoms with Crippen molar-refractivity contribution in [1.82, 2.24) is 29.2 Å². The molecule has 0 atom stereocenters. The van der Waals surface area contributed by atoms with Gasteiger partial charge in [-0.2, -0.15) is 0 Å². The summed E-state index contributed by atoms with van der Waals surface area (Å²) in [5, 5.41) is 7.57. The fraction of sp³-hybridized carbons (Fsp3) is 0.211. The van der Waals surface area contributed by atoms with Crippen molar-refractivity contribution in [2.24, 2.45) is 0 Å². The molecule has 0 bridgehead atoms. The Morgan fingerprint density at radius 3 is 2.43 bits per heavy atom. The van der Waals surface area contributed by atoms with Crippen molar-refractivity contribution >= 4 is 39.3 Å². The van der Waals surface area contributed by atoms with Crippen molar-refractivity contribution < 1.29 is 19.0 Å². The topological polar surface area (TPSA) is 117 Å². The zero-order valence-electron chi connectivity index (χ0n) is 27.0. The normalized spacial score (nSPS) is 11.4. The third kappa shape index (κ3) is 7.92. The lowest BCUT2D eigenvalue weighted by Crippen LogP contribution is -2.20. The number of hydrogen-bond donors (Lipinski definition) is 2. The van der Waals surface area contributed by atoms with E-state index in [1.807, 2.05) is 34.7 Å². The van der Waals surface area contributed by atoms with Crippen LogP contribution in [-0.2, 0) is 22.6 Å². The Kier molecular flexibility index (Phi) is 10.1. The first-order valence-electron chi connectivity index (χ1n) is 16.3. The van der Waals surface area contributed by atoms with Gasteiger partial charge >= 0.3 is 0 Å². The lowest BCUT2D eigenvalue weighted by Gasteiger charge is -2.10. The van der Waals surface area contributed by atoms with E-state index in [0.717, 1.165) is 30.7 Å². The van der Waals surface area contributed by atoms with Crippen LogP contribution in [-0.4, -0.2) is 69.4 Å². The fourth-order valence-corrected chi connectivity index (χ4v) is 5.66. The number of nitrogens with zero attached hydrogens (tertiary/aromatic N) is 5. The Balaban J connectivity index is 0.754. The van der Waals surface area contributed by atoms with Crippen LogP contribution in [0.2, 0.25) is 0 Å². The molecule has 2 N–H and O–H groups in total. The summed E-state index contributed by atoms with van der Waals surface area (Å²) >= 11 is 0. The first-order valence-corrected chi connectivity index (χ1v) is 16.3. The van der Waals surface area contributed by atoms with E-state index in [-0.39, 0.29) is 11.6 Å². The van der Waals surface area contributed by atoms with Gasteiger partial charge in [-0.05, 0) is 47.5 Å². The Labute approximate surface area is 283 Å². The van der Waals surface area contributed by atoms with Crippen molar-refractivity contribution in [2.45, 2.75) is 13.1 Å². The second-order valence-corrected chi connectivity index (χ2v) is 11.5. The number of nitrogens with one attached hydrogen (secondary N) is 2. The largest absolute Gasteiger partial charge is 0.475 e. The van der Waals surface area contributed by atoms with Gasteiger partial charge in [0.15, 0.2) is 0 Å². The Hall–Kier alpha value is -5.62. The molecule has 4 heterocycles. The molecule has 0 aliphatic heterocycles. The van der Waals surface area contributed by atoms with Gasteiger partial charge in [-0.15, -0.1) is 0 Å². The number of aromatic nitrogens is 5. The standard InChI is InChI=1S/C38H37N7O4/c46-37(33-16-19-45-35-11-5-4-10-32(35)42-38(45)43-33)41-30-13-14-36(40-26-30)49-24-23-48-22-21-47-20-17-39-25-29-9-6-12-34-31(29)15-18-44(34)27-28-7-2-1-3-8-28/h1-16,18-19,26,39H,17,20-25,27H2,(H,41,46). The van der Waals surface area contributed by atoms with Crippen LogP contribution in [0.3, 0.4) is 0 Å². The smallest absolute Gasteiger partial charge is 0.274 e. The maximum atomic E-state index is 12.8. The number of imidazole rings is 1. The maximum absolute atomic E-state index is 12.8. The third-order valence-electron chi connectivity index (χ3n) is 8.09. The van der Waals surface area contributed by atoms with Crippen molar-refractivity contribution in [3.8, 4) is 5.88 Å². The Bertz CT molecular complexity index is 2150. The molecule has 0 aliphatic carbocycles. The first-order chi connectivity index (χ1) is 24.2. The van der Waals surface area contributed by atoms with Crippen LogP contribution < -0.4 is 15.4 Å². The van der Waals surface area contributed by atoms with Crippen LogP contribution in [0.4, 0.5) is 5.69 Å². The van der Waals surface area contributed by atoms with Crippen molar-refractivity contribution in [3.05, 3.63) is 132 Å². The monoisotopic (exact) mass is 655 g/mol. The summed E-state index contributed by atoms with van der Waals surface area (Å²) in [4.78, 5) is 26.0. The molecule has 0 fully saturated rings. The summed E-state index contributed by atoms with van der Waals surface area (Å²) in [7, 11) is 0. The van der Waals surface area contributed by atoms with Crippen LogP contribution >= 0.6 is 0 Å². The van der Waals surface area contributed by atoms with E-state index in [0.29, 0.717) is 50.4 Å². The van der Waals surface area contributed by atoms with E-state index in [2.05, 4.69) is 84.9 Å². The zero-order valence-corrected chi connectivity index (χ0v) is 27.0. The zero-order chi connectivity index (χ0) is 33.3. The number of carbonyl (C=O) groups is 1. The van der Waals surface area contributed by atoms with Crippen LogP contribution in [0.5, 0.6) is 5.88 Å². The molecule has 49 heavy (non-hydrogen) atoms. The minimum absolute atomic E-state index is 0.264. The van der Waals surface area contributed by atoms with E-state index >= 15 is 0 Å². The highest BCUT2D eigenvalue weighted by atomic mass is 16.5. The number of ether oxygens (including phenoxy) is 3. The van der Waals surface area contributed by atoms with E-state index < -0.39 is 0 Å². The molecule has 3 aromatic carbocycles. The molecule has 11 heteroatoms. The van der Waals surface area contributed by atoms with Crippen LogP contribution in [0.1, 0.15) is 21.6 Å². The molecular formula is C38H37N7O4. The quantitative estimate of drug-likeness (QED) is 0.127. The molecular weight excluding hydrogens is 618 g/mol. The summed E-state index contributed by atoms with van der Waals surface area (Å²) in [5.41, 5.74) is 6.36. The maximum Gasteiger partial charge on any atom is 0.274 e. The number of rotatable bonds is 16. The average molecular weight is 656 g/mol. The highest BCUT2D eigenvalue weighted by Crippen LogP contribution is 2.22. The summed E-state index contributed by atoms with van der Waals surface area (Å²) in [6.07, 6.45) is 5.50. The minimum atomic E-state index is -0.348. The average Bonchev–Trinajstić information content (AvgIpc) is 3.73. The van der Waals surface area contributed by atoms with E-state index in [1.165, 1.54) is 22.0 Å². The van der Waals surface area contributed by atoms with E-state index in [9.17, 15) is 4.79 Å². The third-order valence-corrected chi connectivity index (χ3v) is 8.09. The molecule has 0 spiro atoms. The lowest BCUT2D eigenvalue weighted by atomic mass is 10.1. The van der Waals surface area contributed by atoms with Gasteiger partial charge in [0.1, 0.15) is 12.3 Å². The van der Waals surface area contributed by atoms with Gasteiger partial charge in [0.25, 0.3) is 5.91 Å².